The minimum atomic E-state index is 0.500. The van der Waals surface area contributed by atoms with Crippen LogP contribution >= 0.6 is 0 Å². The number of hydrogen-bond acceptors (Lipinski definition) is 2. The van der Waals surface area contributed by atoms with E-state index in [0.717, 1.165) is 19.6 Å². The Balaban J connectivity index is 0.000000220. The molecule has 128 valence electrons. The van der Waals surface area contributed by atoms with Crippen LogP contribution in [0.25, 0.3) is 0 Å². The van der Waals surface area contributed by atoms with Gasteiger partial charge in [-0.3, -0.25) is 0 Å². The smallest absolute Gasteiger partial charge is 0.146 e. The Labute approximate surface area is 141 Å². The zero-order valence-corrected chi connectivity index (χ0v) is 14.9. The lowest BCUT2D eigenvalue weighted by atomic mass is 9.63. The van der Waals surface area contributed by atoms with Crippen LogP contribution < -0.4 is 0 Å². The lowest BCUT2D eigenvalue weighted by Crippen LogP contribution is -2.32. The zero-order chi connectivity index (χ0) is 16.2. The van der Waals surface area contributed by atoms with E-state index in [2.05, 4.69) is 38.1 Å². The second-order valence-corrected chi connectivity index (χ2v) is 8.10. The molecule has 4 aliphatic rings. The van der Waals surface area contributed by atoms with Crippen LogP contribution in [0, 0.1) is 12.3 Å². The molecule has 0 spiro atoms. The molecule has 0 unspecified atom stereocenters. The fourth-order valence-corrected chi connectivity index (χ4v) is 4.47. The highest BCUT2D eigenvalue weighted by Crippen LogP contribution is 2.54. The lowest BCUT2D eigenvalue weighted by Gasteiger charge is -2.41. The predicted octanol–water partition coefficient (Wildman–Crippen LogP) is 5.38. The van der Waals surface area contributed by atoms with E-state index in [9.17, 15) is 0 Å². The van der Waals surface area contributed by atoms with Crippen molar-refractivity contribution in [2.45, 2.75) is 70.6 Å². The zero-order valence-electron chi connectivity index (χ0n) is 14.9. The second-order valence-electron chi connectivity index (χ2n) is 8.10. The number of rotatable bonds is 1. The van der Waals surface area contributed by atoms with Crippen molar-refractivity contribution in [3.63, 3.8) is 0 Å². The topological polar surface area (TPSA) is 18.5 Å². The molecular weight excluding hydrogens is 284 g/mol. The number of fused-ring (bicyclic) bond motifs is 4. The maximum Gasteiger partial charge on any atom is 0.146 e. The van der Waals surface area contributed by atoms with E-state index in [1.807, 2.05) is 0 Å². The van der Waals surface area contributed by atoms with Gasteiger partial charge in [0.2, 0.25) is 0 Å². The van der Waals surface area contributed by atoms with Gasteiger partial charge in [-0.25, -0.2) is 0 Å². The van der Waals surface area contributed by atoms with E-state index < -0.39 is 0 Å². The molecule has 2 heteroatoms. The summed E-state index contributed by atoms with van der Waals surface area (Å²) in [5, 5.41) is 0. The summed E-state index contributed by atoms with van der Waals surface area (Å²) in [7, 11) is 0. The molecule has 0 radical (unpaired) electrons. The molecular formula is C21H32O2. The van der Waals surface area contributed by atoms with E-state index in [1.54, 1.807) is 5.56 Å². The van der Waals surface area contributed by atoms with Crippen LogP contribution in [0.3, 0.4) is 0 Å². The first-order valence-electron chi connectivity index (χ1n) is 9.35. The molecule has 1 aromatic carbocycles. The Hall–Kier alpha value is -0.860. The van der Waals surface area contributed by atoms with Crippen molar-refractivity contribution in [3.05, 3.63) is 35.4 Å². The van der Waals surface area contributed by atoms with E-state index in [4.69, 9.17) is 9.47 Å². The predicted molar refractivity (Wildman–Crippen MR) is 94.7 cm³/mol. The van der Waals surface area contributed by atoms with Gasteiger partial charge in [0.05, 0.1) is 13.2 Å². The Morgan fingerprint density at radius 2 is 1.43 bits per heavy atom. The fraction of sp³-hybridized carbons (Fsp3) is 0.714. The Kier molecular flexibility index (Phi) is 5.43. The summed E-state index contributed by atoms with van der Waals surface area (Å²) in [6.07, 6.45) is 11.1. The van der Waals surface area contributed by atoms with Crippen molar-refractivity contribution in [2.75, 3.05) is 20.0 Å². The van der Waals surface area contributed by atoms with Gasteiger partial charge in [0.25, 0.3) is 0 Å². The summed E-state index contributed by atoms with van der Waals surface area (Å²) >= 11 is 0. The molecule has 0 N–H and O–H groups in total. The summed E-state index contributed by atoms with van der Waals surface area (Å²) in [6, 6.07) is 9.37. The molecule has 3 aliphatic carbocycles. The van der Waals surface area contributed by atoms with Gasteiger partial charge in [0, 0.05) is 0 Å². The minimum absolute atomic E-state index is 0.500. The summed E-state index contributed by atoms with van der Waals surface area (Å²) in [5.74, 6) is 0. The Bertz CT molecular complexity index is 468. The molecule has 0 aromatic heterocycles. The average molecular weight is 316 g/mol. The van der Waals surface area contributed by atoms with Crippen molar-refractivity contribution in [1.29, 1.82) is 0 Å². The molecule has 4 fully saturated rings. The highest BCUT2D eigenvalue weighted by atomic mass is 16.7. The maximum absolute atomic E-state index is 4.85. The molecule has 1 aliphatic heterocycles. The molecule has 2 bridgehead atoms. The molecule has 3 saturated carbocycles. The fourth-order valence-electron chi connectivity index (χ4n) is 4.47. The van der Waals surface area contributed by atoms with Crippen molar-refractivity contribution >= 4 is 0 Å². The van der Waals surface area contributed by atoms with Crippen molar-refractivity contribution in [2.24, 2.45) is 5.41 Å². The van der Waals surface area contributed by atoms with Gasteiger partial charge in [0.15, 0.2) is 0 Å². The van der Waals surface area contributed by atoms with E-state index in [-0.39, 0.29) is 0 Å². The van der Waals surface area contributed by atoms with Gasteiger partial charge >= 0.3 is 0 Å². The van der Waals surface area contributed by atoms with Crippen LogP contribution in [0.2, 0.25) is 0 Å². The minimum Gasteiger partial charge on any atom is -0.355 e. The lowest BCUT2D eigenvalue weighted by molar-refractivity contribution is -0.0963. The van der Waals surface area contributed by atoms with E-state index >= 15 is 0 Å². The highest BCUT2D eigenvalue weighted by Gasteiger charge is 2.43. The van der Waals surface area contributed by atoms with Crippen LogP contribution in [0.4, 0.5) is 0 Å². The third kappa shape index (κ3) is 4.16. The van der Waals surface area contributed by atoms with Gasteiger partial charge in [-0.2, -0.15) is 0 Å². The van der Waals surface area contributed by atoms with Crippen molar-refractivity contribution in [1.82, 2.24) is 0 Å². The second kappa shape index (κ2) is 7.36. The standard InChI is InChI=1S/C17H24.C4H8O2/c1-14-4-6-15(7-5-14)17-9-3-8-16(2,10-12-17)11-13-17;1-2-5-4-6-3-1/h4-7H,3,8-13H2,1-2H3;1-4H2. The van der Waals surface area contributed by atoms with Crippen LogP contribution in [0.1, 0.15) is 69.4 Å². The maximum atomic E-state index is 4.85. The monoisotopic (exact) mass is 316 g/mol. The van der Waals surface area contributed by atoms with Crippen LogP contribution in [-0.4, -0.2) is 20.0 Å². The first-order chi connectivity index (χ1) is 11.1. The molecule has 23 heavy (non-hydrogen) atoms. The molecule has 0 atom stereocenters. The molecule has 0 amide bonds. The Morgan fingerprint density at radius 3 is 1.96 bits per heavy atom. The molecule has 2 nitrogen and oxygen atoms in total. The summed E-state index contributed by atoms with van der Waals surface area (Å²) < 4.78 is 9.69. The van der Waals surface area contributed by atoms with Gasteiger partial charge in [-0.05, 0) is 68.3 Å². The van der Waals surface area contributed by atoms with Gasteiger partial charge < -0.3 is 9.47 Å². The van der Waals surface area contributed by atoms with Gasteiger partial charge in [-0.1, -0.05) is 43.2 Å². The van der Waals surface area contributed by atoms with Crippen LogP contribution in [0.5, 0.6) is 0 Å². The molecule has 1 saturated heterocycles. The summed E-state index contributed by atoms with van der Waals surface area (Å²) in [4.78, 5) is 0. The first kappa shape index (κ1) is 17.0. The number of hydrogen-bond donors (Lipinski definition) is 0. The normalized spacial score (nSPS) is 33.5. The molecule has 5 rings (SSSR count). The largest absolute Gasteiger partial charge is 0.355 e. The molecule has 1 heterocycles. The SMILES string of the molecule is C1COCOC1.Cc1ccc(C23CCCC(C)(CC2)CC3)cc1. The number of benzene rings is 1. The Morgan fingerprint density at radius 1 is 0.783 bits per heavy atom. The van der Waals surface area contributed by atoms with E-state index in [1.165, 1.54) is 50.5 Å². The quantitative estimate of drug-likeness (QED) is 0.692. The van der Waals surface area contributed by atoms with Gasteiger partial charge in [0.1, 0.15) is 6.79 Å². The van der Waals surface area contributed by atoms with Crippen molar-refractivity contribution in [3.8, 4) is 0 Å². The van der Waals surface area contributed by atoms with Crippen molar-refractivity contribution < 1.29 is 9.47 Å². The first-order valence-corrected chi connectivity index (χ1v) is 9.35. The number of ether oxygens (including phenoxy) is 2. The van der Waals surface area contributed by atoms with Crippen LogP contribution in [0.15, 0.2) is 24.3 Å². The highest BCUT2D eigenvalue weighted by molar-refractivity contribution is 5.30. The third-order valence-electron chi connectivity index (χ3n) is 6.26. The summed E-state index contributed by atoms with van der Waals surface area (Å²) in [6.45, 7) is 6.95. The van der Waals surface area contributed by atoms with Gasteiger partial charge in [-0.15, -0.1) is 0 Å². The van der Waals surface area contributed by atoms with Crippen LogP contribution in [-0.2, 0) is 14.9 Å². The van der Waals surface area contributed by atoms with E-state index in [0.29, 0.717) is 17.6 Å². The molecule has 1 aromatic rings. The number of aryl methyl sites for hydroxylation is 1. The average Bonchev–Trinajstić information content (AvgIpc) is 2.87. The summed E-state index contributed by atoms with van der Waals surface area (Å²) in [5.41, 5.74) is 4.21. The third-order valence-corrected chi connectivity index (χ3v) is 6.26.